The summed E-state index contributed by atoms with van der Waals surface area (Å²) in [6.07, 6.45) is 3.08. The molecule has 4 nitrogen and oxygen atoms in total. The summed E-state index contributed by atoms with van der Waals surface area (Å²) in [4.78, 5) is 17.0. The van der Waals surface area contributed by atoms with E-state index in [1.54, 1.807) is 22.2 Å². The van der Waals surface area contributed by atoms with Crippen LogP contribution in [0, 0.1) is 6.92 Å². The summed E-state index contributed by atoms with van der Waals surface area (Å²) < 4.78 is 2.09. The number of aromatic nitrogens is 2. The molecule has 2 rings (SSSR count). The molecule has 0 aliphatic carbocycles. The van der Waals surface area contributed by atoms with E-state index in [9.17, 15) is 4.79 Å². The molecule has 0 saturated carbocycles. The van der Waals surface area contributed by atoms with Gasteiger partial charge in [-0.05, 0) is 39.9 Å². The van der Waals surface area contributed by atoms with Gasteiger partial charge in [-0.15, -0.1) is 11.3 Å². The van der Waals surface area contributed by atoms with E-state index in [0.717, 1.165) is 13.1 Å². The summed E-state index contributed by atoms with van der Waals surface area (Å²) in [5.41, 5.74) is 1.27. The summed E-state index contributed by atoms with van der Waals surface area (Å²) >= 11 is 4.93. The number of nitrogens with one attached hydrogen (secondary N) is 1. The van der Waals surface area contributed by atoms with Crippen molar-refractivity contribution in [2.24, 2.45) is 0 Å². The zero-order valence-electron chi connectivity index (χ0n) is 10.0. The maximum Gasteiger partial charge on any atom is 0.267 e. The standard InChI is InChI=1S/C12H14BrN3OS/c1-9-2-5-18-11(9)7-14-3-4-16-8-15-6-10(13)12(16)17/h2,5-6,8,14H,3-4,7H2,1H3. The minimum absolute atomic E-state index is 0.0425. The molecule has 0 spiro atoms. The van der Waals surface area contributed by atoms with Gasteiger partial charge in [0.15, 0.2) is 0 Å². The second-order valence-electron chi connectivity index (χ2n) is 3.94. The van der Waals surface area contributed by atoms with Crippen LogP contribution >= 0.6 is 27.3 Å². The number of hydrogen-bond acceptors (Lipinski definition) is 4. The third kappa shape index (κ3) is 3.28. The highest BCUT2D eigenvalue weighted by Crippen LogP contribution is 2.14. The van der Waals surface area contributed by atoms with Crippen molar-refractivity contribution in [1.29, 1.82) is 0 Å². The highest BCUT2D eigenvalue weighted by molar-refractivity contribution is 9.10. The molecule has 96 valence electrons. The summed E-state index contributed by atoms with van der Waals surface area (Å²) in [5, 5.41) is 5.42. The molecule has 0 amide bonds. The fourth-order valence-electron chi connectivity index (χ4n) is 1.57. The maximum atomic E-state index is 11.7. The first-order chi connectivity index (χ1) is 8.68. The fraction of sp³-hybridized carbons (Fsp3) is 0.333. The Bertz CT molecular complexity index is 579. The van der Waals surface area contributed by atoms with Crippen molar-refractivity contribution in [2.75, 3.05) is 6.54 Å². The molecule has 0 fully saturated rings. The predicted molar refractivity (Wildman–Crippen MR) is 77.0 cm³/mol. The van der Waals surface area contributed by atoms with E-state index in [1.807, 2.05) is 0 Å². The summed E-state index contributed by atoms with van der Waals surface area (Å²) in [7, 11) is 0. The summed E-state index contributed by atoms with van der Waals surface area (Å²) in [5.74, 6) is 0. The van der Waals surface area contributed by atoms with E-state index < -0.39 is 0 Å². The SMILES string of the molecule is Cc1ccsc1CNCCn1cncc(Br)c1=O. The lowest BCUT2D eigenvalue weighted by molar-refractivity contribution is 0.578. The molecule has 0 aliphatic heterocycles. The van der Waals surface area contributed by atoms with Crippen LogP contribution < -0.4 is 10.9 Å². The van der Waals surface area contributed by atoms with E-state index in [0.29, 0.717) is 11.0 Å². The molecule has 0 bridgehead atoms. The number of aryl methyl sites for hydroxylation is 1. The largest absolute Gasteiger partial charge is 0.310 e. The average molecular weight is 328 g/mol. The zero-order chi connectivity index (χ0) is 13.0. The second-order valence-corrected chi connectivity index (χ2v) is 5.80. The molecule has 0 radical (unpaired) electrons. The number of rotatable bonds is 5. The Morgan fingerprint density at radius 2 is 2.39 bits per heavy atom. The van der Waals surface area contributed by atoms with Crippen molar-refractivity contribution in [2.45, 2.75) is 20.0 Å². The van der Waals surface area contributed by atoms with E-state index in [1.165, 1.54) is 16.6 Å². The van der Waals surface area contributed by atoms with Gasteiger partial charge in [-0.2, -0.15) is 0 Å². The molecule has 0 atom stereocenters. The first kappa shape index (κ1) is 13.5. The zero-order valence-corrected chi connectivity index (χ0v) is 12.4. The lowest BCUT2D eigenvalue weighted by Crippen LogP contribution is -2.27. The third-order valence-electron chi connectivity index (χ3n) is 2.64. The van der Waals surface area contributed by atoms with Gasteiger partial charge in [0.2, 0.25) is 0 Å². The van der Waals surface area contributed by atoms with E-state index >= 15 is 0 Å². The highest BCUT2D eigenvalue weighted by atomic mass is 79.9. The molecule has 2 aromatic heterocycles. The second kappa shape index (κ2) is 6.26. The molecular formula is C12H14BrN3OS. The summed E-state index contributed by atoms with van der Waals surface area (Å²) in [6.45, 7) is 4.32. The van der Waals surface area contributed by atoms with Gasteiger partial charge in [-0.1, -0.05) is 0 Å². The quantitative estimate of drug-likeness (QED) is 0.856. The van der Waals surface area contributed by atoms with Gasteiger partial charge in [-0.25, -0.2) is 4.98 Å². The normalized spacial score (nSPS) is 10.8. The van der Waals surface area contributed by atoms with Gasteiger partial charge in [0, 0.05) is 30.7 Å². The van der Waals surface area contributed by atoms with E-state index in [-0.39, 0.29) is 5.56 Å². The Hall–Kier alpha value is -0.980. The van der Waals surface area contributed by atoms with Crippen LogP contribution in [0.15, 0.2) is 33.2 Å². The number of thiophene rings is 1. The van der Waals surface area contributed by atoms with Gasteiger partial charge < -0.3 is 5.32 Å². The fourth-order valence-corrected chi connectivity index (χ4v) is 2.79. The minimum Gasteiger partial charge on any atom is -0.310 e. The molecule has 0 aromatic carbocycles. The Morgan fingerprint density at radius 1 is 1.56 bits per heavy atom. The molecule has 18 heavy (non-hydrogen) atoms. The summed E-state index contributed by atoms with van der Waals surface area (Å²) in [6, 6.07) is 2.12. The average Bonchev–Trinajstić information content (AvgIpc) is 2.76. The first-order valence-corrected chi connectivity index (χ1v) is 7.29. The number of halogens is 1. The lowest BCUT2D eigenvalue weighted by atomic mass is 10.3. The van der Waals surface area contributed by atoms with Crippen LogP contribution in [0.5, 0.6) is 0 Å². The van der Waals surface area contributed by atoms with Crippen LogP contribution in [0.4, 0.5) is 0 Å². The Kier molecular flexibility index (Phi) is 4.68. The Balaban J connectivity index is 1.84. The topological polar surface area (TPSA) is 46.9 Å². The molecule has 0 unspecified atom stereocenters. The molecular weight excluding hydrogens is 314 g/mol. The number of nitrogens with zero attached hydrogens (tertiary/aromatic N) is 2. The van der Waals surface area contributed by atoms with Crippen molar-refractivity contribution < 1.29 is 0 Å². The maximum absolute atomic E-state index is 11.7. The Labute approximate surface area is 118 Å². The van der Waals surface area contributed by atoms with Gasteiger partial charge in [0.1, 0.15) is 4.47 Å². The molecule has 2 aromatic rings. The van der Waals surface area contributed by atoms with Crippen LogP contribution in [0.1, 0.15) is 10.4 Å². The molecule has 0 aliphatic rings. The molecule has 1 N–H and O–H groups in total. The van der Waals surface area contributed by atoms with Gasteiger partial charge in [0.05, 0.1) is 6.33 Å². The van der Waals surface area contributed by atoms with Gasteiger partial charge in [-0.3, -0.25) is 9.36 Å². The van der Waals surface area contributed by atoms with Crippen LogP contribution in [-0.2, 0) is 13.1 Å². The van der Waals surface area contributed by atoms with Crippen molar-refractivity contribution in [3.8, 4) is 0 Å². The van der Waals surface area contributed by atoms with Crippen LogP contribution in [0.3, 0.4) is 0 Å². The van der Waals surface area contributed by atoms with Crippen LogP contribution in [0.25, 0.3) is 0 Å². The third-order valence-corrected chi connectivity index (χ3v) is 4.21. The van der Waals surface area contributed by atoms with E-state index in [4.69, 9.17) is 0 Å². The van der Waals surface area contributed by atoms with Crippen molar-refractivity contribution in [1.82, 2.24) is 14.9 Å². The van der Waals surface area contributed by atoms with Crippen molar-refractivity contribution >= 4 is 27.3 Å². The van der Waals surface area contributed by atoms with Crippen molar-refractivity contribution in [3.63, 3.8) is 0 Å². The monoisotopic (exact) mass is 327 g/mol. The number of hydrogen-bond donors (Lipinski definition) is 1. The van der Waals surface area contributed by atoms with Gasteiger partial charge in [0.25, 0.3) is 5.56 Å². The van der Waals surface area contributed by atoms with Crippen molar-refractivity contribution in [3.05, 3.63) is 49.2 Å². The Morgan fingerprint density at radius 3 is 3.11 bits per heavy atom. The first-order valence-electron chi connectivity index (χ1n) is 5.62. The lowest BCUT2D eigenvalue weighted by Gasteiger charge is -2.06. The van der Waals surface area contributed by atoms with Gasteiger partial charge >= 0.3 is 0 Å². The van der Waals surface area contributed by atoms with Crippen LogP contribution in [-0.4, -0.2) is 16.1 Å². The van der Waals surface area contributed by atoms with E-state index in [2.05, 4.69) is 44.6 Å². The smallest absolute Gasteiger partial charge is 0.267 e. The minimum atomic E-state index is -0.0425. The molecule has 0 saturated heterocycles. The highest BCUT2D eigenvalue weighted by Gasteiger charge is 2.01. The molecule has 6 heteroatoms. The predicted octanol–water partition coefficient (Wildman–Crippen LogP) is 2.17. The molecule has 2 heterocycles. The van der Waals surface area contributed by atoms with Crippen LogP contribution in [0.2, 0.25) is 0 Å².